The Morgan fingerprint density at radius 2 is 2.03 bits per heavy atom. The Hall–Kier alpha value is -3.14. The Morgan fingerprint density at radius 3 is 2.82 bits per heavy atom. The van der Waals surface area contributed by atoms with Gasteiger partial charge in [-0.2, -0.15) is 0 Å². The average Bonchev–Trinajstić information content (AvgIpc) is 3.20. The number of fused-ring (bicyclic) bond motifs is 5. The molecule has 2 heterocycles. The van der Waals surface area contributed by atoms with Crippen molar-refractivity contribution in [2.45, 2.75) is 31.7 Å². The molecule has 182 valence electrons. The highest BCUT2D eigenvalue weighted by atomic mass is 16.5. The molecule has 34 heavy (non-hydrogen) atoms. The van der Waals surface area contributed by atoms with E-state index in [9.17, 15) is 9.59 Å². The lowest BCUT2D eigenvalue weighted by atomic mass is 10.1. The largest absolute Gasteiger partial charge is 0.493 e. The number of aliphatic hydroxyl groups excluding tert-OH is 1. The molecule has 9 heteroatoms. The molecular weight excluding hydrogens is 438 g/mol. The minimum atomic E-state index is -0.359. The number of nitrogens with zero attached hydrogens (tertiary/aromatic N) is 2. The van der Waals surface area contributed by atoms with Crippen LogP contribution < -0.4 is 14.8 Å². The molecule has 1 fully saturated rings. The van der Waals surface area contributed by atoms with E-state index in [-0.39, 0.29) is 43.5 Å². The van der Waals surface area contributed by atoms with Crippen molar-refractivity contribution in [2.75, 3.05) is 40.4 Å². The number of aliphatic hydroxyl groups is 1. The number of amides is 2. The van der Waals surface area contributed by atoms with E-state index in [0.717, 1.165) is 11.1 Å². The van der Waals surface area contributed by atoms with Gasteiger partial charge in [0.15, 0.2) is 11.5 Å². The van der Waals surface area contributed by atoms with Gasteiger partial charge in [-0.3, -0.25) is 14.5 Å². The summed E-state index contributed by atoms with van der Waals surface area (Å²) >= 11 is 0. The molecule has 2 aromatic rings. The van der Waals surface area contributed by atoms with Crippen LogP contribution in [-0.4, -0.2) is 79.3 Å². The molecule has 2 amide bonds. The van der Waals surface area contributed by atoms with Crippen LogP contribution in [0.5, 0.6) is 17.2 Å². The maximum Gasteiger partial charge on any atom is 0.234 e. The highest BCUT2D eigenvalue weighted by Crippen LogP contribution is 2.33. The number of nitrogens with one attached hydrogen (secondary N) is 1. The maximum atomic E-state index is 12.8. The molecule has 0 spiro atoms. The summed E-state index contributed by atoms with van der Waals surface area (Å²) < 4.78 is 17.8. The van der Waals surface area contributed by atoms with Crippen LogP contribution >= 0.6 is 0 Å². The first-order valence-electron chi connectivity index (χ1n) is 11.4. The number of likely N-dealkylation sites (tertiary alicyclic amines) is 1. The van der Waals surface area contributed by atoms with Gasteiger partial charge in [0.25, 0.3) is 0 Å². The van der Waals surface area contributed by atoms with Crippen LogP contribution in [0.25, 0.3) is 0 Å². The summed E-state index contributed by atoms with van der Waals surface area (Å²) in [5.41, 5.74) is 1.89. The molecule has 2 N–H and O–H groups in total. The average molecular weight is 470 g/mol. The number of methoxy groups -OCH3 is 1. The van der Waals surface area contributed by atoms with Crippen molar-refractivity contribution in [3.63, 3.8) is 0 Å². The number of rotatable bonds is 3. The minimum absolute atomic E-state index is 0.0530. The van der Waals surface area contributed by atoms with Gasteiger partial charge in [0.1, 0.15) is 5.75 Å². The quantitative estimate of drug-likeness (QED) is 0.703. The molecule has 4 rings (SSSR count). The van der Waals surface area contributed by atoms with Gasteiger partial charge < -0.3 is 29.5 Å². The van der Waals surface area contributed by atoms with Crippen LogP contribution in [0.4, 0.5) is 0 Å². The molecular formula is C25H31N3O6. The van der Waals surface area contributed by atoms with Gasteiger partial charge in [-0.05, 0) is 42.4 Å². The van der Waals surface area contributed by atoms with Crippen molar-refractivity contribution in [1.82, 2.24) is 15.1 Å². The first-order valence-corrected chi connectivity index (χ1v) is 11.4. The number of carbonyl (C=O) groups excluding carboxylic acids is 2. The number of carbonyl (C=O) groups is 2. The molecule has 0 radical (unpaired) electrons. The lowest BCUT2D eigenvalue weighted by Crippen LogP contribution is -2.47. The zero-order valence-corrected chi connectivity index (χ0v) is 19.5. The number of likely N-dealkylation sites (N-methyl/N-ethyl adjacent to an activating group) is 1. The Labute approximate surface area is 199 Å². The van der Waals surface area contributed by atoms with Crippen LogP contribution in [0.15, 0.2) is 42.5 Å². The Balaban J connectivity index is 1.60. The van der Waals surface area contributed by atoms with E-state index in [0.29, 0.717) is 43.5 Å². The molecule has 2 atom stereocenters. The minimum Gasteiger partial charge on any atom is -0.493 e. The standard InChI is InChI=1S/C25H31N3O6/c1-27-12-17-6-7-21(32-2)22(11-17)34-19-5-3-4-18(10-19)16-33-23-14-28(25(31)8-9-29)13-20(23)26-24(30)15-27/h3-7,10-11,20,23,29H,8-9,12-16H2,1-2H3,(H,26,30)/t20-,23-/m0/s1. The van der Waals surface area contributed by atoms with E-state index in [4.69, 9.17) is 19.3 Å². The van der Waals surface area contributed by atoms with Crippen LogP contribution in [0, 0.1) is 0 Å². The predicted molar refractivity (Wildman–Crippen MR) is 125 cm³/mol. The second kappa shape index (κ2) is 10.9. The number of ether oxygens (including phenoxy) is 3. The molecule has 1 saturated heterocycles. The Bertz CT molecular complexity index is 1030. The van der Waals surface area contributed by atoms with Crippen molar-refractivity contribution < 1.29 is 28.9 Å². The first-order chi connectivity index (χ1) is 16.4. The van der Waals surface area contributed by atoms with Crippen molar-refractivity contribution in [2.24, 2.45) is 0 Å². The second-order valence-electron chi connectivity index (χ2n) is 8.70. The molecule has 2 aliphatic rings. The van der Waals surface area contributed by atoms with Crippen molar-refractivity contribution in [3.8, 4) is 17.2 Å². The lowest BCUT2D eigenvalue weighted by Gasteiger charge is -2.23. The molecule has 9 nitrogen and oxygen atoms in total. The van der Waals surface area contributed by atoms with Gasteiger partial charge in [0, 0.05) is 26.1 Å². The molecule has 0 unspecified atom stereocenters. The summed E-state index contributed by atoms with van der Waals surface area (Å²) in [6.07, 6.45) is -0.306. The topological polar surface area (TPSA) is 101 Å². The predicted octanol–water partition coefficient (Wildman–Crippen LogP) is 1.53. The maximum absolute atomic E-state index is 12.8. The SMILES string of the molecule is COc1ccc2cc1Oc1cccc(c1)CO[C@H]1CN(C(=O)CCO)C[C@@H]1NC(=O)CN(C)C2. The summed E-state index contributed by atoms with van der Waals surface area (Å²) in [6, 6.07) is 13.0. The molecule has 0 aliphatic carbocycles. The van der Waals surface area contributed by atoms with E-state index in [1.54, 1.807) is 12.0 Å². The zero-order chi connectivity index (χ0) is 24.1. The molecule has 0 aromatic heterocycles. The lowest BCUT2D eigenvalue weighted by molar-refractivity contribution is -0.131. The van der Waals surface area contributed by atoms with Gasteiger partial charge >= 0.3 is 0 Å². The van der Waals surface area contributed by atoms with E-state index >= 15 is 0 Å². The van der Waals surface area contributed by atoms with E-state index < -0.39 is 0 Å². The van der Waals surface area contributed by atoms with Crippen molar-refractivity contribution in [1.29, 1.82) is 0 Å². The summed E-state index contributed by atoms with van der Waals surface area (Å²) in [5, 5.41) is 12.2. The van der Waals surface area contributed by atoms with Gasteiger partial charge in [-0.25, -0.2) is 0 Å². The van der Waals surface area contributed by atoms with E-state index in [1.807, 2.05) is 54.4 Å². The summed E-state index contributed by atoms with van der Waals surface area (Å²) in [6.45, 7) is 1.53. The fourth-order valence-electron chi connectivity index (χ4n) is 4.33. The third-order valence-electron chi connectivity index (χ3n) is 5.98. The van der Waals surface area contributed by atoms with Gasteiger partial charge in [0.05, 0.1) is 39.0 Å². The Kier molecular flexibility index (Phi) is 7.66. The number of hydrogen-bond acceptors (Lipinski definition) is 7. The van der Waals surface area contributed by atoms with Gasteiger partial charge in [-0.1, -0.05) is 18.2 Å². The molecule has 2 aliphatic heterocycles. The highest BCUT2D eigenvalue weighted by Gasteiger charge is 2.36. The van der Waals surface area contributed by atoms with E-state index in [2.05, 4.69) is 5.32 Å². The Morgan fingerprint density at radius 1 is 1.18 bits per heavy atom. The molecule has 0 saturated carbocycles. The molecule has 2 aromatic carbocycles. The van der Waals surface area contributed by atoms with Gasteiger partial charge in [0.2, 0.25) is 11.8 Å². The van der Waals surface area contributed by atoms with E-state index in [1.165, 1.54) is 0 Å². The smallest absolute Gasteiger partial charge is 0.234 e. The van der Waals surface area contributed by atoms with Crippen LogP contribution in [-0.2, 0) is 27.5 Å². The van der Waals surface area contributed by atoms with Crippen LogP contribution in [0.2, 0.25) is 0 Å². The molecule has 4 bridgehead atoms. The highest BCUT2D eigenvalue weighted by molar-refractivity contribution is 5.79. The fourth-order valence-corrected chi connectivity index (χ4v) is 4.33. The van der Waals surface area contributed by atoms with Crippen molar-refractivity contribution in [3.05, 3.63) is 53.6 Å². The summed E-state index contributed by atoms with van der Waals surface area (Å²) in [5.74, 6) is 1.58. The normalized spacial score (nSPS) is 21.4. The van der Waals surface area contributed by atoms with Gasteiger partial charge in [-0.15, -0.1) is 0 Å². The summed E-state index contributed by atoms with van der Waals surface area (Å²) in [7, 11) is 3.47. The first kappa shape index (κ1) is 24.0. The van der Waals surface area contributed by atoms with Crippen LogP contribution in [0.1, 0.15) is 17.5 Å². The van der Waals surface area contributed by atoms with Crippen LogP contribution in [0.3, 0.4) is 0 Å². The second-order valence-corrected chi connectivity index (χ2v) is 8.70. The number of hydrogen-bond donors (Lipinski definition) is 2. The summed E-state index contributed by atoms with van der Waals surface area (Å²) in [4.78, 5) is 28.7. The number of benzene rings is 2. The fraction of sp³-hybridized carbons (Fsp3) is 0.440. The zero-order valence-electron chi connectivity index (χ0n) is 19.5. The third kappa shape index (κ3) is 5.85. The third-order valence-corrected chi connectivity index (χ3v) is 5.98. The van der Waals surface area contributed by atoms with Crippen molar-refractivity contribution >= 4 is 11.8 Å². The monoisotopic (exact) mass is 469 g/mol.